The van der Waals surface area contributed by atoms with Crippen molar-refractivity contribution in [1.29, 1.82) is 0 Å². The Kier molecular flexibility index (Phi) is 6.41. The van der Waals surface area contributed by atoms with Crippen LogP contribution in [0.3, 0.4) is 0 Å². The van der Waals surface area contributed by atoms with E-state index in [-0.39, 0.29) is 18.8 Å². The summed E-state index contributed by atoms with van der Waals surface area (Å²) in [4.78, 5) is 25.0. The molecule has 0 saturated carbocycles. The normalized spacial score (nSPS) is 12.5. The van der Waals surface area contributed by atoms with Crippen LogP contribution >= 0.6 is 23.4 Å². The molecule has 1 aliphatic heterocycles. The molecule has 0 saturated heterocycles. The van der Waals surface area contributed by atoms with Crippen molar-refractivity contribution in [2.24, 2.45) is 0 Å². The largest absolute Gasteiger partial charge is 0.486 e. The summed E-state index contributed by atoms with van der Waals surface area (Å²) in [5.74, 6) is 1.04. The van der Waals surface area contributed by atoms with E-state index in [1.165, 1.54) is 11.8 Å². The first kappa shape index (κ1) is 18.6. The van der Waals surface area contributed by atoms with Crippen molar-refractivity contribution in [1.82, 2.24) is 0 Å². The Morgan fingerprint density at radius 2 is 1.77 bits per heavy atom. The molecule has 0 aliphatic carbocycles. The Morgan fingerprint density at radius 3 is 2.54 bits per heavy atom. The fourth-order valence-corrected chi connectivity index (χ4v) is 3.26. The Hall–Kier alpha value is -2.18. The highest BCUT2D eigenvalue weighted by Crippen LogP contribution is 2.30. The van der Waals surface area contributed by atoms with Gasteiger partial charge in [0.05, 0.1) is 6.42 Å². The van der Waals surface area contributed by atoms with Crippen molar-refractivity contribution in [3.05, 3.63) is 53.1 Å². The van der Waals surface area contributed by atoms with Gasteiger partial charge >= 0.3 is 5.97 Å². The number of Topliss-reactive ketones (excluding diaryl/α,β-unsaturated/α-hetero) is 1. The summed E-state index contributed by atoms with van der Waals surface area (Å²) in [6, 6.07) is 12.3. The van der Waals surface area contributed by atoms with Crippen molar-refractivity contribution in [2.75, 3.05) is 25.6 Å². The predicted octanol–water partition coefficient (Wildman–Crippen LogP) is 4.02. The molecule has 5 nitrogen and oxygen atoms in total. The summed E-state index contributed by atoms with van der Waals surface area (Å²) in [6.45, 7) is 0.654. The summed E-state index contributed by atoms with van der Waals surface area (Å²) in [5.41, 5.74) is 0.428. The number of hydrogen-bond acceptors (Lipinski definition) is 6. The lowest BCUT2D eigenvalue weighted by molar-refractivity contribution is -0.141. The zero-order chi connectivity index (χ0) is 18.4. The van der Waals surface area contributed by atoms with Crippen molar-refractivity contribution in [2.45, 2.75) is 11.3 Å². The van der Waals surface area contributed by atoms with Gasteiger partial charge in [0.15, 0.2) is 23.9 Å². The van der Waals surface area contributed by atoms with Gasteiger partial charge in [-0.15, -0.1) is 11.8 Å². The number of thioether (sulfide) groups is 1. The summed E-state index contributed by atoms with van der Waals surface area (Å²) in [6.07, 6.45) is 0.224. The van der Waals surface area contributed by atoms with Gasteiger partial charge in [0.25, 0.3) is 0 Å². The predicted molar refractivity (Wildman–Crippen MR) is 99.5 cm³/mol. The van der Waals surface area contributed by atoms with Crippen LogP contribution in [0, 0.1) is 0 Å². The minimum atomic E-state index is -0.405. The molecule has 2 aromatic rings. The van der Waals surface area contributed by atoms with E-state index in [1.54, 1.807) is 30.3 Å². The first-order chi connectivity index (χ1) is 12.6. The minimum Gasteiger partial charge on any atom is -0.486 e. The molecule has 1 aliphatic rings. The van der Waals surface area contributed by atoms with E-state index in [0.29, 0.717) is 41.1 Å². The van der Waals surface area contributed by atoms with E-state index in [9.17, 15) is 9.59 Å². The van der Waals surface area contributed by atoms with E-state index >= 15 is 0 Å². The van der Waals surface area contributed by atoms with E-state index in [0.717, 1.165) is 4.90 Å². The zero-order valence-corrected chi connectivity index (χ0v) is 15.5. The maximum Gasteiger partial charge on any atom is 0.307 e. The number of ether oxygens (including phenoxy) is 3. The van der Waals surface area contributed by atoms with Crippen LogP contribution in [-0.2, 0) is 9.53 Å². The third-order valence-electron chi connectivity index (χ3n) is 3.62. The molecule has 0 radical (unpaired) electrons. The molecule has 0 unspecified atom stereocenters. The van der Waals surface area contributed by atoms with E-state index < -0.39 is 5.97 Å². The van der Waals surface area contributed by atoms with Crippen molar-refractivity contribution in [3.8, 4) is 11.5 Å². The van der Waals surface area contributed by atoms with Crippen LogP contribution in [0.4, 0.5) is 0 Å². The molecule has 2 aromatic carbocycles. The lowest BCUT2D eigenvalue weighted by Gasteiger charge is -2.18. The molecular weight excluding hydrogens is 376 g/mol. The second-order valence-corrected chi connectivity index (χ2v) is 7.10. The highest BCUT2D eigenvalue weighted by atomic mass is 35.5. The van der Waals surface area contributed by atoms with Gasteiger partial charge in [-0.1, -0.05) is 11.6 Å². The number of hydrogen-bond donors (Lipinski definition) is 0. The highest BCUT2D eigenvalue weighted by Gasteiger charge is 2.16. The molecular formula is C19H17ClO5S. The maximum atomic E-state index is 12.2. The third kappa shape index (κ3) is 5.16. The number of esters is 1. The van der Waals surface area contributed by atoms with Crippen LogP contribution in [-0.4, -0.2) is 37.3 Å². The van der Waals surface area contributed by atoms with Crippen LogP contribution in [0.5, 0.6) is 11.5 Å². The first-order valence-corrected chi connectivity index (χ1v) is 9.45. The number of rotatable bonds is 7. The molecule has 1 heterocycles. The quantitative estimate of drug-likeness (QED) is 0.403. The average molecular weight is 393 g/mol. The molecule has 0 N–H and O–H groups in total. The minimum absolute atomic E-state index is 0.224. The third-order valence-corrected chi connectivity index (χ3v) is 4.88. The molecule has 0 spiro atoms. The monoisotopic (exact) mass is 392 g/mol. The van der Waals surface area contributed by atoms with Crippen LogP contribution in [0.1, 0.15) is 16.8 Å². The number of fused-ring (bicyclic) bond motifs is 1. The number of ketones is 1. The van der Waals surface area contributed by atoms with Gasteiger partial charge in [0.2, 0.25) is 0 Å². The van der Waals surface area contributed by atoms with Crippen molar-refractivity contribution >= 4 is 35.1 Å². The van der Waals surface area contributed by atoms with Gasteiger partial charge in [-0.05, 0) is 42.5 Å². The van der Waals surface area contributed by atoms with Gasteiger partial charge in [-0.3, -0.25) is 9.59 Å². The molecule has 0 fully saturated rings. The van der Waals surface area contributed by atoms with Crippen molar-refractivity contribution < 1.29 is 23.8 Å². The van der Waals surface area contributed by atoms with Crippen LogP contribution in [0.25, 0.3) is 0 Å². The Morgan fingerprint density at radius 1 is 1.04 bits per heavy atom. The summed E-state index contributed by atoms with van der Waals surface area (Å²) in [5, 5.41) is 0.673. The number of benzene rings is 2. The standard InChI is InChI=1S/C19H17ClO5S/c20-14-2-4-15(5-3-14)26-10-7-19(22)25-12-16(21)13-1-6-17-18(11-13)24-9-8-23-17/h1-6,11H,7-10,12H2. The van der Waals surface area contributed by atoms with E-state index in [1.807, 2.05) is 12.1 Å². The second-order valence-electron chi connectivity index (χ2n) is 5.49. The zero-order valence-electron chi connectivity index (χ0n) is 13.9. The number of carbonyl (C=O) groups excluding carboxylic acids is 2. The Labute approximate surface area is 160 Å². The Bertz CT molecular complexity index is 791. The molecule has 3 rings (SSSR count). The second kappa shape index (κ2) is 8.96. The van der Waals surface area contributed by atoms with Gasteiger partial charge in [-0.2, -0.15) is 0 Å². The van der Waals surface area contributed by atoms with Gasteiger partial charge in [-0.25, -0.2) is 0 Å². The van der Waals surface area contributed by atoms with Crippen molar-refractivity contribution in [3.63, 3.8) is 0 Å². The smallest absolute Gasteiger partial charge is 0.307 e. The topological polar surface area (TPSA) is 61.8 Å². The van der Waals surface area contributed by atoms with Crippen LogP contribution in [0.2, 0.25) is 5.02 Å². The first-order valence-electron chi connectivity index (χ1n) is 8.08. The summed E-state index contributed by atoms with van der Waals surface area (Å²) < 4.78 is 15.9. The lowest BCUT2D eigenvalue weighted by Crippen LogP contribution is -2.17. The molecule has 0 aromatic heterocycles. The summed E-state index contributed by atoms with van der Waals surface area (Å²) >= 11 is 7.36. The van der Waals surface area contributed by atoms with Crippen LogP contribution in [0.15, 0.2) is 47.4 Å². The molecule has 136 valence electrons. The highest BCUT2D eigenvalue weighted by molar-refractivity contribution is 7.99. The Balaban J connectivity index is 1.42. The van der Waals surface area contributed by atoms with E-state index in [2.05, 4.69) is 0 Å². The van der Waals surface area contributed by atoms with Gasteiger partial charge in [0, 0.05) is 21.2 Å². The fourth-order valence-electron chi connectivity index (χ4n) is 2.30. The molecule has 0 amide bonds. The fraction of sp³-hybridized carbons (Fsp3) is 0.263. The summed E-state index contributed by atoms with van der Waals surface area (Å²) in [7, 11) is 0. The lowest BCUT2D eigenvalue weighted by atomic mass is 10.1. The molecule has 0 bridgehead atoms. The van der Waals surface area contributed by atoms with Gasteiger partial charge in [0.1, 0.15) is 13.2 Å². The molecule has 7 heteroatoms. The van der Waals surface area contributed by atoms with Gasteiger partial charge < -0.3 is 14.2 Å². The number of halogens is 1. The number of carbonyl (C=O) groups is 2. The molecule has 26 heavy (non-hydrogen) atoms. The molecule has 0 atom stereocenters. The SMILES string of the molecule is O=C(CCSc1ccc(Cl)cc1)OCC(=O)c1ccc2c(c1)OCCO2. The van der Waals surface area contributed by atoms with E-state index in [4.69, 9.17) is 25.8 Å². The maximum absolute atomic E-state index is 12.2. The average Bonchev–Trinajstić information content (AvgIpc) is 2.67. The van der Waals surface area contributed by atoms with Crippen LogP contribution < -0.4 is 9.47 Å².